The molecule has 1 aromatic rings. The molecule has 1 N–H and O–H groups in total. The van der Waals surface area contributed by atoms with Crippen LogP contribution in [-0.4, -0.2) is 30.5 Å². The Morgan fingerprint density at radius 2 is 2.40 bits per heavy atom. The molecule has 1 rings (SSSR count). The van der Waals surface area contributed by atoms with E-state index in [1.54, 1.807) is 31.9 Å². The summed E-state index contributed by atoms with van der Waals surface area (Å²) in [5, 5.41) is 8.77. The molecule has 0 bridgehead atoms. The van der Waals surface area contributed by atoms with Gasteiger partial charge in [-0.3, -0.25) is 0 Å². The molecule has 1 heterocycles. The quantitative estimate of drug-likeness (QED) is 0.759. The maximum atomic E-state index is 10.7. The third kappa shape index (κ3) is 3.60. The number of ether oxygens (including phenoxy) is 1. The molecule has 0 amide bonds. The predicted molar refractivity (Wildman–Crippen MR) is 58.4 cm³/mol. The lowest BCUT2D eigenvalue weighted by molar-refractivity contribution is 0.0659. The van der Waals surface area contributed by atoms with E-state index in [1.165, 1.54) is 0 Å². The minimum absolute atomic E-state index is 0.0392. The first kappa shape index (κ1) is 12.1. The molecule has 0 aliphatic rings. The summed E-state index contributed by atoms with van der Waals surface area (Å²) in [5.41, 5.74) is 0.671. The van der Waals surface area contributed by atoms with E-state index in [4.69, 9.17) is 14.3 Å². The van der Waals surface area contributed by atoms with Crippen molar-refractivity contribution in [3.05, 3.63) is 23.2 Å². The van der Waals surface area contributed by atoms with Crippen molar-refractivity contribution < 1.29 is 19.1 Å². The van der Waals surface area contributed by atoms with E-state index < -0.39 is 5.97 Å². The summed E-state index contributed by atoms with van der Waals surface area (Å²) in [6, 6.07) is 1.77. The molecule has 0 aliphatic heterocycles. The molecule has 1 aromatic heterocycles. The van der Waals surface area contributed by atoms with Crippen LogP contribution in [0.15, 0.2) is 10.5 Å². The maximum Gasteiger partial charge on any atom is 0.372 e. The second kappa shape index (κ2) is 5.82. The second-order valence-corrected chi connectivity index (χ2v) is 4.18. The molecule has 0 unspecified atom stereocenters. The first-order valence-corrected chi connectivity index (χ1v) is 5.70. The van der Waals surface area contributed by atoms with Crippen molar-refractivity contribution in [2.24, 2.45) is 0 Å². The number of hydrogen-bond acceptors (Lipinski definition) is 4. The summed E-state index contributed by atoms with van der Waals surface area (Å²) in [6.45, 7) is 2.42. The topological polar surface area (TPSA) is 59.7 Å². The molecule has 4 nitrogen and oxygen atoms in total. The number of methoxy groups -OCH3 is 1. The standard InChI is InChI=1S/C10H14O4S/c1-7-5-8(6-15-4-3-13-2)14-9(7)10(11)12/h5H,3-4,6H2,1-2H3,(H,11,12). The van der Waals surface area contributed by atoms with Gasteiger partial charge in [-0.25, -0.2) is 4.79 Å². The number of carboxylic acids is 1. The maximum absolute atomic E-state index is 10.7. The molecule has 0 saturated heterocycles. The molecule has 0 aromatic carbocycles. The predicted octanol–water partition coefficient (Wildman–Crippen LogP) is 2.17. The Kier molecular flexibility index (Phi) is 4.71. The van der Waals surface area contributed by atoms with Gasteiger partial charge in [0.1, 0.15) is 5.76 Å². The van der Waals surface area contributed by atoms with Crippen LogP contribution in [0.5, 0.6) is 0 Å². The van der Waals surface area contributed by atoms with Gasteiger partial charge in [-0.15, -0.1) is 0 Å². The average Bonchev–Trinajstić information content (AvgIpc) is 2.55. The zero-order chi connectivity index (χ0) is 11.3. The van der Waals surface area contributed by atoms with Crippen LogP contribution in [0.25, 0.3) is 0 Å². The van der Waals surface area contributed by atoms with Gasteiger partial charge in [-0.1, -0.05) is 0 Å². The number of furan rings is 1. The Balaban J connectivity index is 2.48. The second-order valence-electron chi connectivity index (χ2n) is 3.08. The Labute approximate surface area is 92.6 Å². The van der Waals surface area contributed by atoms with Gasteiger partial charge in [-0.05, 0) is 13.0 Å². The van der Waals surface area contributed by atoms with Gasteiger partial charge in [-0.2, -0.15) is 11.8 Å². The highest BCUT2D eigenvalue weighted by Gasteiger charge is 2.13. The molecule has 0 radical (unpaired) electrons. The van der Waals surface area contributed by atoms with E-state index in [0.717, 1.165) is 5.75 Å². The van der Waals surface area contributed by atoms with Crippen LogP contribution in [0.1, 0.15) is 21.9 Å². The SMILES string of the molecule is COCCSCc1cc(C)c(C(=O)O)o1. The van der Waals surface area contributed by atoms with Crippen LogP contribution in [0, 0.1) is 6.92 Å². The molecule has 0 spiro atoms. The molecular weight excluding hydrogens is 216 g/mol. The van der Waals surface area contributed by atoms with Gasteiger partial charge < -0.3 is 14.3 Å². The number of aromatic carboxylic acids is 1. The first-order chi connectivity index (χ1) is 7.15. The molecule has 84 valence electrons. The summed E-state index contributed by atoms with van der Waals surface area (Å²) >= 11 is 1.65. The van der Waals surface area contributed by atoms with Gasteiger partial charge in [0.05, 0.1) is 12.4 Å². The van der Waals surface area contributed by atoms with Gasteiger partial charge in [0.25, 0.3) is 0 Å². The van der Waals surface area contributed by atoms with Gasteiger partial charge in [0, 0.05) is 18.4 Å². The number of carboxylic acid groups (broad SMARTS) is 1. The number of rotatable bonds is 6. The summed E-state index contributed by atoms with van der Waals surface area (Å²) in [6.07, 6.45) is 0. The van der Waals surface area contributed by atoms with Gasteiger partial charge >= 0.3 is 5.97 Å². The summed E-state index contributed by atoms with van der Waals surface area (Å²) in [4.78, 5) is 10.7. The fourth-order valence-corrected chi connectivity index (χ4v) is 1.92. The van der Waals surface area contributed by atoms with Crippen LogP contribution in [0.3, 0.4) is 0 Å². The van der Waals surface area contributed by atoms with E-state index >= 15 is 0 Å². The Hall–Kier alpha value is -0.940. The summed E-state index contributed by atoms with van der Waals surface area (Å²) < 4.78 is 10.1. The number of hydrogen-bond donors (Lipinski definition) is 1. The minimum atomic E-state index is -1.01. The van der Waals surface area contributed by atoms with Crippen molar-refractivity contribution in [3.8, 4) is 0 Å². The number of aryl methyl sites for hydroxylation is 1. The first-order valence-electron chi connectivity index (χ1n) is 4.54. The molecule has 5 heteroatoms. The van der Waals surface area contributed by atoms with Crippen molar-refractivity contribution in [3.63, 3.8) is 0 Å². The van der Waals surface area contributed by atoms with E-state index in [1.807, 2.05) is 0 Å². The monoisotopic (exact) mass is 230 g/mol. The van der Waals surface area contributed by atoms with Crippen molar-refractivity contribution >= 4 is 17.7 Å². The fraction of sp³-hybridized carbons (Fsp3) is 0.500. The minimum Gasteiger partial charge on any atom is -0.475 e. The lowest BCUT2D eigenvalue weighted by atomic mass is 10.3. The van der Waals surface area contributed by atoms with Crippen molar-refractivity contribution in [2.45, 2.75) is 12.7 Å². The van der Waals surface area contributed by atoms with Crippen LogP contribution in [0.2, 0.25) is 0 Å². The molecule has 0 saturated carbocycles. The third-order valence-electron chi connectivity index (χ3n) is 1.84. The Morgan fingerprint density at radius 3 is 2.93 bits per heavy atom. The lowest BCUT2D eigenvalue weighted by Crippen LogP contribution is -1.95. The van der Waals surface area contributed by atoms with Crippen molar-refractivity contribution in [1.82, 2.24) is 0 Å². The zero-order valence-corrected chi connectivity index (χ0v) is 9.60. The summed E-state index contributed by atoms with van der Waals surface area (Å²) in [5.74, 6) is 1.28. The van der Waals surface area contributed by atoms with E-state index in [2.05, 4.69) is 0 Å². The van der Waals surface area contributed by atoms with Crippen LogP contribution >= 0.6 is 11.8 Å². The molecule has 0 atom stereocenters. The van der Waals surface area contributed by atoms with Crippen molar-refractivity contribution in [2.75, 3.05) is 19.5 Å². The van der Waals surface area contributed by atoms with Crippen LogP contribution < -0.4 is 0 Å². The summed E-state index contributed by atoms with van der Waals surface area (Å²) in [7, 11) is 1.65. The Morgan fingerprint density at radius 1 is 1.67 bits per heavy atom. The molecule has 0 aliphatic carbocycles. The zero-order valence-electron chi connectivity index (χ0n) is 8.78. The average molecular weight is 230 g/mol. The fourth-order valence-electron chi connectivity index (χ4n) is 1.15. The van der Waals surface area contributed by atoms with Gasteiger partial charge in [0.2, 0.25) is 5.76 Å². The molecule has 0 fully saturated rings. The Bertz CT molecular complexity index is 332. The largest absolute Gasteiger partial charge is 0.475 e. The highest BCUT2D eigenvalue weighted by molar-refractivity contribution is 7.98. The third-order valence-corrected chi connectivity index (χ3v) is 2.78. The molecule has 15 heavy (non-hydrogen) atoms. The number of carbonyl (C=O) groups is 1. The number of thioether (sulfide) groups is 1. The van der Waals surface area contributed by atoms with Crippen LogP contribution in [-0.2, 0) is 10.5 Å². The molecular formula is C10H14O4S. The van der Waals surface area contributed by atoms with E-state index in [-0.39, 0.29) is 5.76 Å². The lowest BCUT2D eigenvalue weighted by Gasteiger charge is -1.97. The highest BCUT2D eigenvalue weighted by atomic mass is 32.2. The van der Waals surface area contributed by atoms with Crippen LogP contribution in [0.4, 0.5) is 0 Å². The van der Waals surface area contributed by atoms with Gasteiger partial charge in [0.15, 0.2) is 0 Å². The normalized spacial score (nSPS) is 10.5. The smallest absolute Gasteiger partial charge is 0.372 e. The van der Waals surface area contributed by atoms with E-state index in [0.29, 0.717) is 23.7 Å². The van der Waals surface area contributed by atoms with E-state index in [9.17, 15) is 4.79 Å². The van der Waals surface area contributed by atoms with Crippen molar-refractivity contribution in [1.29, 1.82) is 0 Å². The highest BCUT2D eigenvalue weighted by Crippen LogP contribution is 2.19.